The van der Waals surface area contributed by atoms with Crippen molar-refractivity contribution in [1.29, 1.82) is 0 Å². The minimum Gasteiger partial charge on any atom is -0.375 e. The first kappa shape index (κ1) is 12.4. The average molecular weight is 233 g/mol. The van der Waals surface area contributed by atoms with Crippen LogP contribution in [0.25, 0.3) is 6.08 Å². The van der Waals surface area contributed by atoms with Crippen LogP contribution >= 0.6 is 12.2 Å². The minimum absolute atomic E-state index is 0.170. The van der Waals surface area contributed by atoms with Gasteiger partial charge in [0.05, 0.1) is 5.71 Å². The van der Waals surface area contributed by atoms with Crippen molar-refractivity contribution in [3.05, 3.63) is 41.5 Å². The molecule has 1 aromatic rings. The van der Waals surface area contributed by atoms with E-state index in [0.29, 0.717) is 0 Å². The molecule has 0 spiro atoms. The van der Waals surface area contributed by atoms with Gasteiger partial charge in [-0.3, -0.25) is 5.43 Å². The van der Waals surface area contributed by atoms with Gasteiger partial charge in [0.1, 0.15) is 0 Å². The van der Waals surface area contributed by atoms with Crippen LogP contribution in [0.2, 0.25) is 0 Å². The lowest BCUT2D eigenvalue weighted by Crippen LogP contribution is -2.24. The van der Waals surface area contributed by atoms with Gasteiger partial charge in [-0.2, -0.15) is 5.10 Å². The lowest BCUT2D eigenvalue weighted by molar-refractivity contribution is 1.03. The van der Waals surface area contributed by atoms with E-state index in [-0.39, 0.29) is 5.11 Å². The highest BCUT2D eigenvalue weighted by Crippen LogP contribution is 2.05. The monoisotopic (exact) mass is 233 g/mol. The summed E-state index contributed by atoms with van der Waals surface area (Å²) in [6.07, 6.45) is 3.90. The van der Waals surface area contributed by atoms with Crippen LogP contribution in [0.15, 0.2) is 35.4 Å². The van der Waals surface area contributed by atoms with Gasteiger partial charge in [0.25, 0.3) is 0 Å². The lowest BCUT2D eigenvalue weighted by Gasteiger charge is -1.97. The highest BCUT2D eigenvalue weighted by atomic mass is 32.1. The number of nitrogens with one attached hydrogen (secondary N) is 1. The zero-order chi connectivity index (χ0) is 12.0. The van der Waals surface area contributed by atoms with Gasteiger partial charge in [0, 0.05) is 0 Å². The fourth-order valence-corrected chi connectivity index (χ4v) is 1.22. The molecule has 0 radical (unpaired) electrons. The molecule has 0 aliphatic heterocycles. The Kier molecular flexibility index (Phi) is 4.66. The van der Waals surface area contributed by atoms with Crippen LogP contribution in [-0.4, -0.2) is 10.8 Å². The molecule has 0 amide bonds. The predicted molar refractivity (Wildman–Crippen MR) is 73.2 cm³/mol. The van der Waals surface area contributed by atoms with Crippen LogP contribution < -0.4 is 11.2 Å². The van der Waals surface area contributed by atoms with Crippen molar-refractivity contribution >= 4 is 29.1 Å². The second-order valence-electron chi connectivity index (χ2n) is 3.48. The molecule has 3 nitrogen and oxygen atoms in total. The fourth-order valence-electron chi connectivity index (χ4n) is 1.17. The number of nitrogens with two attached hydrogens (primary N) is 1. The van der Waals surface area contributed by atoms with E-state index in [9.17, 15) is 0 Å². The summed E-state index contributed by atoms with van der Waals surface area (Å²) in [6, 6.07) is 8.23. The Hall–Kier alpha value is -1.68. The number of hydrogen-bond donors (Lipinski definition) is 2. The van der Waals surface area contributed by atoms with E-state index in [1.807, 2.05) is 31.2 Å². The summed E-state index contributed by atoms with van der Waals surface area (Å²) >= 11 is 4.64. The summed E-state index contributed by atoms with van der Waals surface area (Å²) in [7, 11) is 0. The number of hydrogen-bond acceptors (Lipinski definition) is 2. The van der Waals surface area contributed by atoms with Crippen molar-refractivity contribution in [2.45, 2.75) is 13.8 Å². The minimum atomic E-state index is 0.170. The number of nitrogens with zero attached hydrogens (tertiary/aromatic N) is 1. The molecule has 0 bridgehead atoms. The fraction of sp³-hybridized carbons (Fsp3) is 0.167. The maximum atomic E-state index is 5.26. The normalized spacial score (nSPS) is 11.8. The molecule has 0 aliphatic carbocycles. The Balaban J connectivity index is 2.66. The third kappa shape index (κ3) is 4.70. The van der Waals surface area contributed by atoms with Crippen LogP contribution in [-0.2, 0) is 0 Å². The molecular weight excluding hydrogens is 218 g/mol. The topological polar surface area (TPSA) is 50.4 Å². The quantitative estimate of drug-likeness (QED) is 0.478. The third-order valence-electron chi connectivity index (χ3n) is 1.90. The van der Waals surface area contributed by atoms with Gasteiger partial charge in [-0.15, -0.1) is 0 Å². The first-order chi connectivity index (χ1) is 7.58. The van der Waals surface area contributed by atoms with Gasteiger partial charge in [-0.1, -0.05) is 35.9 Å². The van der Waals surface area contributed by atoms with E-state index >= 15 is 0 Å². The summed E-state index contributed by atoms with van der Waals surface area (Å²) in [5.41, 5.74) is 11.0. The first-order valence-corrected chi connectivity index (χ1v) is 5.33. The molecule has 0 heterocycles. The molecule has 1 aromatic carbocycles. The number of rotatable bonds is 3. The van der Waals surface area contributed by atoms with Crippen LogP contribution in [0.5, 0.6) is 0 Å². The summed E-state index contributed by atoms with van der Waals surface area (Å²) in [4.78, 5) is 0. The van der Waals surface area contributed by atoms with Gasteiger partial charge >= 0.3 is 0 Å². The molecule has 3 N–H and O–H groups in total. The van der Waals surface area contributed by atoms with E-state index in [2.05, 4.69) is 41.8 Å². The Labute approximate surface area is 101 Å². The van der Waals surface area contributed by atoms with Gasteiger partial charge in [-0.05, 0) is 37.7 Å². The maximum Gasteiger partial charge on any atom is 0.184 e. The summed E-state index contributed by atoms with van der Waals surface area (Å²) in [5, 5.41) is 4.14. The van der Waals surface area contributed by atoms with Crippen molar-refractivity contribution in [1.82, 2.24) is 5.43 Å². The molecule has 0 saturated carbocycles. The molecule has 0 saturated heterocycles. The van der Waals surface area contributed by atoms with Gasteiger partial charge in [0.15, 0.2) is 5.11 Å². The Bertz CT molecular complexity index is 436. The van der Waals surface area contributed by atoms with E-state index in [4.69, 9.17) is 5.73 Å². The van der Waals surface area contributed by atoms with E-state index in [1.165, 1.54) is 5.56 Å². The van der Waals surface area contributed by atoms with Crippen LogP contribution in [0.3, 0.4) is 0 Å². The van der Waals surface area contributed by atoms with Crippen LogP contribution in [0.1, 0.15) is 18.1 Å². The number of hydrazone groups is 1. The average Bonchev–Trinajstić information content (AvgIpc) is 2.23. The molecular formula is C12H15N3S. The summed E-state index contributed by atoms with van der Waals surface area (Å²) < 4.78 is 0. The van der Waals surface area contributed by atoms with E-state index in [0.717, 1.165) is 11.3 Å². The Morgan fingerprint density at radius 2 is 2.25 bits per heavy atom. The molecule has 0 aliphatic rings. The highest BCUT2D eigenvalue weighted by molar-refractivity contribution is 7.80. The standard InChI is InChI=1S/C12H15N3S/c1-9-4-3-5-11(8-9)7-6-10(2)14-15-12(13)16/h3-8H,1-2H3,(H3,13,15,16)/b7-6-,14-10+. The molecule has 1 rings (SSSR count). The van der Waals surface area contributed by atoms with Crippen molar-refractivity contribution < 1.29 is 0 Å². The zero-order valence-corrected chi connectivity index (χ0v) is 10.2. The number of thiocarbonyl (C=S) groups is 1. The van der Waals surface area contributed by atoms with Gasteiger partial charge < -0.3 is 5.73 Å². The molecule has 0 atom stereocenters. The second kappa shape index (κ2) is 6.02. The maximum absolute atomic E-state index is 5.26. The zero-order valence-electron chi connectivity index (χ0n) is 9.40. The molecule has 4 heteroatoms. The summed E-state index contributed by atoms with van der Waals surface area (Å²) in [6.45, 7) is 3.93. The largest absolute Gasteiger partial charge is 0.375 e. The van der Waals surface area contributed by atoms with Crippen molar-refractivity contribution in [2.24, 2.45) is 10.8 Å². The first-order valence-electron chi connectivity index (χ1n) is 4.92. The predicted octanol–water partition coefficient (Wildman–Crippen LogP) is 2.22. The SMILES string of the molecule is CC(/C=C\c1cccc(C)c1)=N\NC(N)=S. The highest BCUT2D eigenvalue weighted by Gasteiger charge is 1.89. The van der Waals surface area contributed by atoms with Crippen LogP contribution in [0, 0.1) is 6.92 Å². The Morgan fingerprint density at radius 1 is 1.50 bits per heavy atom. The number of benzene rings is 1. The second-order valence-corrected chi connectivity index (χ2v) is 3.92. The smallest absolute Gasteiger partial charge is 0.184 e. The van der Waals surface area contributed by atoms with Gasteiger partial charge in [0.2, 0.25) is 0 Å². The van der Waals surface area contributed by atoms with Crippen molar-refractivity contribution in [2.75, 3.05) is 0 Å². The van der Waals surface area contributed by atoms with Crippen molar-refractivity contribution in [3.63, 3.8) is 0 Å². The molecule has 84 valence electrons. The molecule has 0 unspecified atom stereocenters. The Morgan fingerprint density at radius 3 is 2.88 bits per heavy atom. The van der Waals surface area contributed by atoms with Crippen molar-refractivity contribution in [3.8, 4) is 0 Å². The summed E-state index contributed by atoms with van der Waals surface area (Å²) in [5.74, 6) is 0. The van der Waals surface area contributed by atoms with Crippen LogP contribution in [0.4, 0.5) is 0 Å². The third-order valence-corrected chi connectivity index (χ3v) is 1.99. The lowest BCUT2D eigenvalue weighted by atomic mass is 10.1. The van der Waals surface area contributed by atoms with E-state index in [1.54, 1.807) is 0 Å². The van der Waals surface area contributed by atoms with Gasteiger partial charge in [-0.25, -0.2) is 0 Å². The van der Waals surface area contributed by atoms with E-state index < -0.39 is 0 Å². The number of aryl methyl sites for hydroxylation is 1. The number of allylic oxidation sites excluding steroid dienone is 1. The molecule has 0 aromatic heterocycles. The molecule has 0 fully saturated rings. The molecule has 16 heavy (non-hydrogen) atoms.